The second-order valence-electron chi connectivity index (χ2n) is 5.75. The van der Waals surface area contributed by atoms with Crippen molar-refractivity contribution in [2.24, 2.45) is 0 Å². The van der Waals surface area contributed by atoms with Gasteiger partial charge >= 0.3 is 0 Å². The van der Waals surface area contributed by atoms with Crippen molar-refractivity contribution in [3.63, 3.8) is 0 Å². The fraction of sp³-hybridized carbons (Fsp3) is 0.263. The highest BCUT2D eigenvalue weighted by Gasteiger charge is 2.12. The molecule has 0 aliphatic rings. The van der Waals surface area contributed by atoms with Gasteiger partial charge in [0.1, 0.15) is 5.75 Å². The van der Waals surface area contributed by atoms with Crippen molar-refractivity contribution in [2.75, 3.05) is 18.2 Å². The molecule has 0 saturated carbocycles. The zero-order chi connectivity index (χ0) is 17.7. The van der Waals surface area contributed by atoms with Crippen LogP contribution < -0.4 is 15.8 Å². The van der Waals surface area contributed by atoms with Crippen LogP contribution in [0.5, 0.6) is 5.75 Å². The molecule has 6 heteroatoms. The maximum absolute atomic E-state index is 12.3. The second-order valence-corrected chi connectivity index (χ2v) is 5.75. The summed E-state index contributed by atoms with van der Waals surface area (Å²) < 4.78 is 5.07. The number of aryl methyl sites for hydroxylation is 2. The minimum Gasteiger partial charge on any atom is -0.495 e. The normalized spacial score (nSPS) is 9.88. The van der Waals surface area contributed by atoms with Gasteiger partial charge in [0, 0.05) is 24.1 Å². The number of benzene rings is 2. The summed E-state index contributed by atoms with van der Waals surface area (Å²) in [7, 11) is 1.53. The number of anilines is 2. The number of hydrogen-bond acceptors (Lipinski definition) is 4. The Morgan fingerprint density at radius 1 is 1.08 bits per heavy atom. The summed E-state index contributed by atoms with van der Waals surface area (Å²) in [5, 5.41) is 2.74. The van der Waals surface area contributed by atoms with Gasteiger partial charge in [-0.25, -0.2) is 0 Å². The summed E-state index contributed by atoms with van der Waals surface area (Å²) in [6.07, 6.45) is 0.292. The third-order valence-electron chi connectivity index (χ3n) is 3.79. The van der Waals surface area contributed by atoms with Crippen LogP contribution in [0.3, 0.4) is 0 Å². The first-order valence-corrected chi connectivity index (χ1v) is 7.74. The monoisotopic (exact) mass is 362 g/mol. The molecular weight excluding hydrogens is 340 g/mol. The van der Waals surface area contributed by atoms with Gasteiger partial charge in [0.25, 0.3) is 0 Å². The van der Waals surface area contributed by atoms with Crippen molar-refractivity contribution >= 4 is 35.5 Å². The van der Waals surface area contributed by atoms with Gasteiger partial charge in [-0.15, -0.1) is 12.4 Å². The van der Waals surface area contributed by atoms with Gasteiger partial charge in [0.2, 0.25) is 5.91 Å². The molecule has 0 spiro atoms. The number of rotatable bonds is 6. The van der Waals surface area contributed by atoms with Crippen molar-refractivity contribution in [3.05, 3.63) is 53.1 Å². The molecule has 1 amide bonds. The maximum Gasteiger partial charge on any atom is 0.224 e. The molecule has 5 nitrogen and oxygen atoms in total. The number of carbonyl (C=O) groups is 2. The van der Waals surface area contributed by atoms with Crippen LogP contribution >= 0.6 is 12.4 Å². The predicted octanol–water partition coefficient (Wildman–Crippen LogP) is 3.92. The smallest absolute Gasteiger partial charge is 0.224 e. The average molecular weight is 363 g/mol. The van der Waals surface area contributed by atoms with E-state index < -0.39 is 0 Å². The number of nitrogens with two attached hydrogens (primary N) is 1. The molecule has 134 valence electrons. The van der Waals surface area contributed by atoms with E-state index in [9.17, 15) is 9.59 Å². The number of carbonyl (C=O) groups excluding carboxylic acids is 2. The largest absolute Gasteiger partial charge is 0.495 e. The molecule has 0 fully saturated rings. The number of amides is 1. The van der Waals surface area contributed by atoms with Gasteiger partial charge in [-0.2, -0.15) is 0 Å². The molecule has 0 atom stereocenters. The highest BCUT2D eigenvalue weighted by atomic mass is 35.5. The molecule has 0 aliphatic heterocycles. The lowest BCUT2D eigenvalue weighted by molar-refractivity contribution is -0.116. The number of ether oxygens (including phenoxy) is 1. The topological polar surface area (TPSA) is 81.4 Å². The van der Waals surface area contributed by atoms with E-state index in [2.05, 4.69) is 5.32 Å². The molecule has 25 heavy (non-hydrogen) atoms. The van der Waals surface area contributed by atoms with E-state index in [4.69, 9.17) is 10.5 Å². The van der Waals surface area contributed by atoms with Crippen LogP contribution in [0.4, 0.5) is 11.4 Å². The van der Waals surface area contributed by atoms with E-state index >= 15 is 0 Å². The predicted molar refractivity (Wildman–Crippen MR) is 103 cm³/mol. The Hall–Kier alpha value is -2.53. The quantitative estimate of drug-likeness (QED) is 0.602. The third-order valence-corrected chi connectivity index (χ3v) is 3.79. The minimum atomic E-state index is -0.224. The summed E-state index contributed by atoms with van der Waals surface area (Å²) in [5.74, 6) is 0.303. The molecule has 2 aromatic carbocycles. The average Bonchev–Trinajstić information content (AvgIpc) is 2.55. The number of methoxy groups -OCH3 is 1. The molecule has 3 N–H and O–H groups in total. The minimum absolute atomic E-state index is 0. The number of nitrogen functional groups attached to an aromatic ring is 1. The first kappa shape index (κ1) is 20.5. The van der Waals surface area contributed by atoms with Crippen LogP contribution in [0.2, 0.25) is 0 Å². The molecule has 0 heterocycles. The fourth-order valence-electron chi connectivity index (χ4n) is 2.43. The van der Waals surface area contributed by atoms with E-state index in [1.54, 1.807) is 18.2 Å². The molecule has 0 radical (unpaired) electrons. The van der Waals surface area contributed by atoms with E-state index in [0.717, 1.165) is 11.1 Å². The summed E-state index contributed by atoms with van der Waals surface area (Å²) in [4.78, 5) is 24.3. The first-order chi connectivity index (χ1) is 11.4. The molecule has 0 bridgehead atoms. The summed E-state index contributed by atoms with van der Waals surface area (Å²) >= 11 is 0. The molecule has 0 aliphatic carbocycles. The first-order valence-electron chi connectivity index (χ1n) is 7.74. The number of nitrogens with one attached hydrogen (secondary N) is 1. The highest BCUT2D eigenvalue weighted by molar-refractivity contribution is 6.01. The SMILES string of the molecule is COc1ccc(NC(=O)CCC(=O)c2cc(C)ccc2C)cc1N.Cl. The lowest BCUT2D eigenvalue weighted by atomic mass is 9.99. The zero-order valence-corrected chi connectivity index (χ0v) is 15.4. The van der Waals surface area contributed by atoms with Gasteiger partial charge in [-0.05, 0) is 43.7 Å². The fourth-order valence-corrected chi connectivity index (χ4v) is 2.43. The Morgan fingerprint density at radius 2 is 1.80 bits per heavy atom. The Morgan fingerprint density at radius 3 is 2.44 bits per heavy atom. The van der Waals surface area contributed by atoms with Gasteiger partial charge < -0.3 is 15.8 Å². The van der Waals surface area contributed by atoms with Crippen LogP contribution in [-0.2, 0) is 4.79 Å². The van der Waals surface area contributed by atoms with Crippen molar-refractivity contribution in [1.29, 1.82) is 0 Å². The summed E-state index contributed by atoms with van der Waals surface area (Å²) in [6.45, 7) is 3.84. The molecule has 0 saturated heterocycles. The van der Waals surface area contributed by atoms with E-state index in [1.807, 2.05) is 32.0 Å². The maximum atomic E-state index is 12.3. The zero-order valence-electron chi connectivity index (χ0n) is 14.6. The van der Waals surface area contributed by atoms with E-state index in [0.29, 0.717) is 22.7 Å². The highest BCUT2D eigenvalue weighted by Crippen LogP contribution is 2.24. The number of hydrogen-bond donors (Lipinski definition) is 2. The third kappa shape index (κ3) is 5.50. The number of Topliss-reactive ketones (excluding diaryl/α,β-unsaturated/α-hetero) is 1. The Bertz CT molecular complexity index is 775. The lowest BCUT2D eigenvalue weighted by Crippen LogP contribution is -2.14. The molecule has 2 rings (SSSR count). The van der Waals surface area contributed by atoms with Crippen LogP contribution in [0.15, 0.2) is 36.4 Å². The second kappa shape index (κ2) is 9.08. The Labute approximate surface area is 154 Å². The Balaban J connectivity index is 0.00000312. The van der Waals surface area contributed by atoms with Crippen molar-refractivity contribution < 1.29 is 14.3 Å². The van der Waals surface area contributed by atoms with Crippen LogP contribution in [0.1, 0.15) is 34.3 Å². The van der Waals surface area contributed by atoms with Gasteiger partial charge in [-0.3, -0.25) is 9.59 Å². The molecule has 2 aromatic rings. The van der Waals surface area contributed by atoms with Gasteiger partial charge in [-0.1, -0.05) is 17.7 Å². The summed E-state index contributed by atoms with van der Waals surface area (Å²) in [6, 6.07) is 10.8. The van der Waals surface area contributed by atoms with Crippen LogP contribution in [0, 0.1) is 13.8 Å². The van der Waals surface area contributed by atoms with E-state index in [-0.39, 0.29) is 36.9 Å². The standard InChI is InChI=1S/C19H22N2O3.ClH/c1-12-4-5-13(2)15(10-12)17(22)7-9-19(23)21-14-6-8-18(24-3)16(20)11-14;/h4-6,8,10-11H,7,9,20H2,1-3H3,(H,21,23);1H. The van der Waals surface area contributed by atoms with E-state index in [1.165, 1.54) is 7.11 Å². The lowest BCUT2D eigenvalue weighted by Gasteiger charge is -2.09. The van der Waals surface area contributed by atoms with Crippen molar-refractivity contribution in [1.82, 2.24) is 0 Å². The molecule has 0 unspecified atom stereocenters. The van der Waals surface area contributed by atoms with Crippen molar-refractivity contribution in [2.45, 2.75) is 26.7 Å². The molecule has 0 aromatic heterocycles. The summed E-state index contributed by atoms with van der Waals surface area (Å²) in [5.41, 5.74) is 9.47. The number of halogens is 1. The Kier molecular flexibility index (Phi) is 7.45. The van der Waals surface area contributed by atoms with Crippen molar-refractivity contribution in [3.8, 4) is 5.75 Å². The van der Waals surface area contributed by atoms with Gasteiger partial charge in [0.15, 0.2) is 5.78 Å². The molecular formula is C19H23ClN2O3. The van der Waals surface area contributed by atoms with Crippen LogP contribution in [0.25, 0.3) is 0 Å². The van der Waals surface area contributed by atoms with Crippen LogP contribution in [-0.4, -0.2) is 18.8 Å². The van der Waals surface area contributed by atoms with Gasteiger partial charge in [0.05, 0.1) is 12.8 Å². The number of ketones is 1.